The minimum absolute atomic E-state index is 0. The van der Waals surface area contributed by atoms with E-state index < -0.39 is 0 Å². The van der Waals surface area contributed by atoms with Crippen LogP contribution in [0.2, 0.25) is 0 Å². The van der Waals surface area contributed by atoms with Gasteiger partial charge in [-0.2, -0.15) is 11.8 Å². The Morgan fingerprint density at radius 3 is 2.74 bits per heavy atom. The average molecular weight is 452 g/mol. The van der Waals surface area contributed by atoms with Gasteiger partial charge < -0.3 is 15.1 Å². The van der Waals surface area contributed by atoms with Gasteiger partial charge in [0.05, 0.1) is 6.20 Å². The molecule has 1 aromatic rings. The first-order valence-corrected chi connectivity index (χ1v) is 8.78. The molecule has 7 heteroatoms. The monoisotopic (exact) mass is 452 g/mol. The van der Waals surface area contributed by atoms with Crippen molar-refractivity contribution in [1.29, 1.82) is 0 Å². The summed E-state index contributed by atoms with van der Waals surface area (Å²) in [7, 11) is 0. The number of hydrogen-bond donors (Lipinski definition) is 2. The predicted molar refractivity (Wildman–Crippen MR) is 111 cm³/mol. The first kappa shape index (κ1) is 22.3. The first-order valence-electron chi connectivity index (χ1n) is 7.63. The number of aromatic nitrogens is 1. The van der Waals surface area contributed by atoms with Gasteiger partial charge in [-0.25, -0.2) is 9.98 Å². The fourth-order valence-electron chi connectivity index (χ4n) is 1.63. The van der Waals surface area contributed by atoms with E-state index in [2.05, 4.69) is 48.0 Å². The summed E-state index contributed by atoms with van der Waals surface area (Å²) < 4.78 is 5.75. The summed E-state index contributed by atoms with van der Waals surface area (Å²) in [6.07, 6.45) is 3.70. The van der Waals surface area contributed by atoms with E-state index in [1.54, 1.807) is 6.20 Å². The molecule has 1 aromatic heterocycles. The SMILES string of the molecule is C=CCSCCNC(=NCc1ncc(C(C)(C)C)o1)NCC.I. The molecule has 132 valence electrons. The Balaban J connectivity index is 0.00000484. The van der Waals surface area contributed by atoms with Gasteiger partial charge in [0.2, 0.25) is 5.89 Å². The Morgan fingerprint density at radius 1 is 1.43 bits per heavy atom. The topological polar surface area (TPSA) is 62.5 Å². The summed E-state index contributed by atoms with van der Waals surface area (Å²) in [4.78, 5) is 8.80. The molecule has 0 unspecified atom stereocenters. The van der Waals surface area contributed by atoms with Crippen LogP contribution in [-0.4, -0.2) is 35.5 Å². The second kappa shape index (κ2) is 11.8. The molecule has 2 N–H and O–H groups in total. The number of oxazole rings is 1. The van der Waals surface area contributed by atoms with Gasteiger partial charge >= 0.3 is 0 Å². The van der Waals surface area contributed by atoms with Crippen molar-refractivity contribution >= 4 is 41.7 Å². The fraction of sp³-hybridized carbons (Fsp3) is 0.625. The third kappa shape index (κ3) is 9.24. The molecule has 0 aliphatic carbocycles. The van der Waals surface area contributed by atoms with Crippen LogP contribution in [0, 0.1) is 0 Å². The molecule has 0 bridgehead atoms. The van der Waals surface area contributed by atoms with Crippen LogP contribution >= 0.6 is 35.7 Å². The lowest BCUT2D eigenvalue weighted by molar-refractivity contribution is 0.383. The summed E-state index contributed by atoms with van der Waals surface area (Å²) in [6.45, 7) is 14.2. The number of aliphatic imine (C=N–C) groups is 1. The molecule has 5 nitrogen and oxygen atoms in total. The molecular weight excluding hydrogens is 423 g/mol. The van der Waals surface area contributed by atoms with E-state index in [1.807, 2.05) is 24.8 Å². The Morgan fingerprint density at radius 2 is 2.17 bits per heavy atom. The lowest BCUT2D eigenvalue weighted by Gasteiger charge is -2.13. The van der Waals surface area contributed by atoms with Crippen molar-refractivity contribution in [3.8, 4) is 0 Å². The molecule has 0 aromatic carbocycles. The zero-order valence-electron chi connectivity index (χ0n) is 14.5. The second-order valence-electron chi connectivity index (χ2n) is 5.85. The summed E-state index contributed by atoms with van der Waals surface area (Å²) in [6, 6.07) is 0. The van der Waals surface area contributed by atoms with Gasteiger partial charge in [-0.1, -0.05) is 26.8 Å². The molecule has 0 radical (unpaired) electrons. The van der Waals surface area contributed by atoms with Gasteiger partial charge in [-0.05, 0) is 6.92 Å². The highest BCUT2D eigenvalue weighted by Crippen LogP contribution is 2.22. The number of rotatable bonds is 8. The number of guanidine groups is 1. The van der Waals surface area contributed by atoms with E-state index >= 15 is 0 Å². The fourth-order valence-corrected chi connectivity index (χ4v) is 2.21. The number of halogens is 1. The maximum Gasteiger partial charge on any atom is 0.216 e. The largest absolute Gasteiger partial charge is 0.443 e. The number of nitrogens with zero attached hydrogens (tertiary/aromatic N) is 2. The molecule has 0 aliphatic heterocycles. The Labute approximate surface area is 161 Å². The van der Waals surface area contributed by atoms with Crippen molar-refractivity contribution in [3.05, 3.63) is 30.5 Å². The number of nitrogens with one attached hydrogen (secondary N) is 2. The molecule has 0 amide bonds. The summed E-state index contributed by atoms with van der Waals surface area (Å²) >= 11 is 1.84. The number of thioether (sulfide) groups is 1. The van der Waals surface area contributed by atoms with Crippen molar-refractivity contribution in [3.63, 3.8) is 0 Å². The van der Waals surface area contributed by atoms with E-state index in [1.165, 1.54) is 0 Å². The standard InChI is InChI=1S/C16H28N4OS.HI/c1-6-9-22-10-8-18-15(17-7-2)20-12-14-19-11-13(21-14)16(3,4)5;/h6,11H,1,7-10,12H2,2-5H3,(H2,17,18,20);1H. The molecule has 0 saturated carbocycles. The highest BCUT2D eigenvalue weighted by Gasteiger charge is 2.18. The van der Waals surface area contributed by atoms with Crippen LogP contribution in [0.1, 0.15) is 39.3 Å². The molecule has 0 saturated heterocycles. The van der Waals surface area contributed by atoms with Gasteiger partial charge in [0.25, 0.3) is 0 Å². The minimum Gasteiger partial charge on any atom is -0.443 e. The van der Waals surface area contributed by atoms with Crippen LogP contribution in [-0.2, 0) is 12.0 Å². The van der Waals surface area contributed by atoms with Crippen molar-refractivity contribution in [2.24, 2.45) is 4.99 Å². The van der Waals surface area contributed by atoms with Crippen LogP contribution in [0.15, 0.2) is 28.3 Å². The zero-order chi connectivity index (χ0) is 16.4. The minimum atomic E-state index is -0.0277. The summed E-state index contributed by atoms with van der Waals surface area (Å²) in [5.41, 5.74) is -0.0277. The molecule has 0 aliphatic rings. The normalized spacial score (nSPS) is 11.7. The quantitative estimate of drug-likeness (QED) is 0.208. The number of hydrogen-bond acceptors (Lipinski definition) is 4. The van der Waals surface area contributed by atoms with Crippen molar-refractivity contribution in [2.45, 2.75) is 39.7 Å². The Hall–Kier alpha value is -0.700. The van der Waals surface area contributed by atoms with Crippen LogP contribution in [0.25, 0.3) is 0 Å². The lowest BCUT2D eigenvalue weighted by Crippen LogP contribution is -2.38. The van der Waals surface area contributed by atoms with E-state index in [4.69, 9.17) is 4.42 Å². The summed E-state index contributed by atoms with van der Waals surface area (Å²) in [5, 5.41) is 6.52. The molecule has 1 heterocycles. The molecule has 23 heavy (non-hydrogen) atoms. The molecule has 0 atom stereocenters. The Kier molecular flexibility index (Phi) is 11.4. The van der Waals surface area contributed by atoms with Gasteiger partial charge in [-0.15, -0.1) is 30.6 Å². The van der Waals surface area contributed by atoms with Crippen molar-refractivity contribution in [2.75, 3.05) is 24.6 Å². The third-order valence-corrected chi connectivity index (χ3v) is 3.75. The zero-order valence-corrected chi connectivity index (χ0v) is 17.7. The van der Waals surface area contributed by atoms with Gasteiger partial charge in [0.1, 0.15) is 12.3 Å². The molecule has 0 fully saturated rings. The van der Waals surface area contributed by atoms with Crippen LogP contribution in [0.4, 0.5) is 0 Å². The smallest absolute Gasteiger partial charge is 0.216 e. The van der Waals surface area contributed by atoms with E-state index in [9.17, 15) is 0 Å². The molecule has 0 spiro atoms. The van der Waals surface area contributed by atoms with Crippen LogP contribution < -0.4 is 10.6 Å². The van der Waals surface area contributed by atoms with Gasteiger partial charge in [0.15, 0.2) is 5.96 Å². The first-order chi connectivity index (χ1) is 10.5. The lowest BCUT2D eigenvalue weighted by atomic mass is 9.94. The van der Waals surface area contributed by atoms with Gasteiger partial charge in [0, 0.05) is 30.0 Å². The predicted octanol–water partition coefficient (Wildman–Crippen LogP) is 3.56. The van der Waals surface area contributed by atoms with Crippen LogP contribution in [0.5, 0.6) is 0 Å². The van der Waals surface area contributed by atoms with Crippen molar-refractivity contribution < 1.29 is 4.42 Å². The molecule has 1 rings (SSSR count). The Bertz CT molecular complexity index is 483. The van der Waals surface area contributed by atoms with Gasteiger partial charge in [-0.3, -0.25) is 0 Å². The second-order valence-corrected chi connectivity index (χ2v) is 7.00. The van der Waals surface area contributed by atoms with E-state index in [0.29, 0.717) is 12.4 Å². The molecular formula is C16H29IN4OS. The highest BCUT2D eigenvalue weighted by molar-refractivity contribution is 14.0. The summed E-state index contributed by atoms with van der Waals surface area (Å²) in [5.74, 6) is 4.31. The van der Waals surface area contributed by atoms with E-state index in [0.717, 1.165) is 36.3 Å². The maximum atomic E-state index is 5.75. The van der Waals surface area contributed by atoms with Crippen LogP contribution in [0.3, 0.4) is 0 Å². The third-order valence-electron chi connectivity index (χ3n) is 2.78. The average Bonchev–Trinajstić information content (AvgIpc) is 2.93. The van der Waals surface area contributed by atoms with Crippen molar-refractivity contribution in [1.82, 2.24) is 15.6 Å². The highest BCUT2D eigenvalue weighted by atomic mass is 127. The van der Waals surface area contributed by atoms with E-state index in [-0.39, 0.29) is 29.4 Å². The maximum absolute atomic E-state index is 5.75.